The highest BCUT2D eigenvalue weighted by atomic mass is 35.5. The number of benzene rings is 3. The van der Waals surface area contributed by atoms with Crippen LogP contribution in [-0.4, -0.2) is 27.7 Å². The molecule has 10 heteroatoms. The lowest BCUT2D eigenvalue weighted by atomic mass is 10.0. The predicted octanol–water partition coefficient (Wildman–Crippen LogP) is 4.34. The van der Waals surface area contributed by atoms with Crippen LogP contribution in [0.1, 0.15) is 16.7 Å². The van der Waals surface area contributed by atoms with Crippen molar-refractivity contribution in [3.05, 3.63) is 88.2 Å². The molecule has 0 aliphatic carbocycles. The van der Waals surface area contributed by atoms with E-state index in [2.05, 4.69) is 4.72 Å². The highest BCUT2D eigenvalue weighted by molar-refractivity contribution is 7.92. The largest absolute Gasteiger partial charge is 0.280 e. The van der Waals surface area contributed by atoms with Crippen LogP contribution in [0.4, 0.5) is 10.1 Å². The average Bonchev–Trinajstić information content (AvgIpc) is 2.75. The standard InChI is InChI=1S/C22H20ClFN2O4S2/c1-15-12-21(8-9-22(15)24)31(27,28)25-19-5-2-16-10-11-26(14-17(16)13-19)32(29,30)20-6-3-18(23)4-7-20/h2-9,12-13,25H,10-11,14H2,1H3. The lowest BCUT2D eigenvalue weighted by molar-refractivity contribution is 0.391. The monoisotopic (exact) mass is 494 g/mol. The molecule has 0 bridgehead atoms. The van der Waals surface area contributed by atoms with Crippen molar-refractivity contribution in [1.82, 2.24) is 4.31 Å². The second-order valence-corrected chi connectivity index (χ2v) is 11.6. The molecule has 32 heavy (non-hydrogen) atoms. The third-order valence-electron chi connectivity index (χ3n) is 5.33. The van der Waals surface area contributed by atoms with Crippen molar-refractivity contribution in [1.29, 1.82) is 0 Å². The Bertz CT molecular complexity index is 1390. The van der Waals surface area contributed by atoms with E-state index in [4.69, 9.17) is 11.6 Å². The van der Waals surface area contributed by atoms with Gasteiger partial charge in [-0.05, 0) is 84.6 Å². The highest BCUT2D eigenvalue weighted by Gasteiger charge is 2.28. The van der Waals surface area contributed by atoms with E-state index in [0.717, 1.165) is 11.6 Å². The fraction of sp³-hybridized carbons (Fsp3) is 0.182. The van der Waals surface area contributed by atoms with Gasteiger partial charge in [0.15, 0.2) is 0 Å². The highest BCUT2D eigenvalue weighted by Crippen LogP contribution is 2.28. The molecule has 0 atom stereocenters. The van der Waals surface area contributed by atoms with Crippen LogP contribution in [0.15, 0.2) is 70.5 Å². The SMILES string of the molecule is Cc1cc(S(=O)(=O)Nc2ccc3c(c2)CN(S(=O)(=O)c2ccc(Cl)cc2)CC3)ccc1F. The molecule has 1 aliphatic rings. The van der Waals surface area contributed by atoms with Gasteiger partial charge in [-0.1, -0.05) is 17.7 Å². The minimum Gasteiger partial charge on any atom is -0.280 e. The molecule has 0 spiro atoms. The van der Waals surface area contributed by atoms with Gasteiger partial charge >= 0.3 is 0 Å². The smallest absolute Gasteiger partial charge is 0.261 e. The Morgan fingerprint density at radius 2 is 1.59 bits per heavy atom. The summed E-state index contributed by atoms with van der Waals surface area (Å²) >= 11 is 5.86. The Balaban J connectivity index is 1.59. The van der Waals surface area contributed by atoms with Gasteiger partial charge in [-0.15, -0.1) is 0 Å². The van der Waals surface area contributed by atoms with Crippen molar-refractivity contribution in [2.24, 2.45) is 0 Å². The topological polar surface area (TPSA) is 83.6 Å². The maximum atomic E-state index is 13.5. The molecular weight excluding hydrogens is 475 g/mol. The van der Waals surface area contributed by atoms with E-state index in [1.54, 1.807) is 18.2 Å². The first-order valence-electron chi connectivity index (χ1n) is 9.73. The summed E-state index contributed by atoms with van der Waals surface area (Å²) in [4.78, 5) is 0.0925. The summed E-state index contributed by atoms with van der Waals surface area (Å²) in [6.07, 6.45) is 0.506. The van der Waals surface area contributed by atoms with Crippen molar-refractivity contribution in [2.75, 3.05) is 11.3 Å². The summed E-state index contributed by atoms with van der Waals surface area (Å²) < 4.78 is 68.8. The van der Waals surface area contributed by atoms with E-state index in [-0.39, 0.29) is 21.9 Å². The molecule has 1 aliphatic heterocycles. The average molecular weight is 495 g/mol. The fourth-order valence-corrected chi connectivity index (χ4v) is 6.23. The Labute approximate surface area is 191 Å². The Hall–Kier alpha value is -2.46. The zero-order valence-electron chi connectivity index (χ0n) is 17.0. The lowest BCUT2D eigenvalue weighted by Gasteiger charge is -2.28. The molecule has 1 heterocycles. The number of nitrogens with one attached hydrogen (secondary N) is 1. The van der Waals surface area contributed by atoms with Gasteiger partial charge in [-0.2, -0.15) is 4.31 Å². The van der Waals surface area contributed by atoms with Gasteiger partial charge in [0.2, 0.25) is 10.0 Å². The van der Waals surface area contributed by atoms with Crippen LogP contribution in [-0.2, 0) is 33.0 Å². The molecule has 0 aromatic heterocycles. The van der Waals surface area contributed by atoms with E-state index in [0.29, 0.717) is 29.2 Å². The Morgan fingerprint density at radius 1 is 0.906 bits per heavy atom. The van der Waals surface area contributed by atoms with Gasteiger partial charge < -0.3 is 0 Å². The van der Waals surface area contributed by atoms with Gasteiger partial charge in [-0.3, -0.25) is 4.72 Å². The van der Waals surface area contributed by atoms with Gasteiger partial charge in [0.1, 0.15) is 5.82 Å². The minimum absolute atomic E-state index is 0.0546. The van der Waals surface area contributed by atoms with Gasteiger partial charge in [0.05, 0.1) is 9.79 Å². The maximum absolute atomic E-state index is 13.5. The molecule has 6 nitrogen and oxygen atoms in total. The molecule has 1 N–H and O–H groups in total. The molecule has 0 amide bonds. The first-order valence-corrected chi connectivity index (χ1v) is 13.0. The molecule has 0 radical (unpaired) electrons. The van der Waals surface area contributed by atoms with Gasteiger partial charge in [0, 0.05) is 23.8 Å². The first kappa shape index (κ1) is 22.7. The molecule has 0 saturated heterocycles. The second kappa shape index (κ2) is 8.47. The van der Waals surface area contributed by atoms with Gasteiger partial charge in [-0.25, -0.2) is 21.2 Å². The zero-order chi connectivity index (χ0) is 23.1. The molecule has 0 saturated carbocycles. The lowest BCUT2D eigenvalue weighted by Crippen LogP contribution is -2.36. The van der Waals surface area contributed by atoms with Crippen LogP contribution in [0.2, 0.25) is 5.02 Å². The van der Waals surface area contributed by atoms with Crippen LogP contribution in [0.3, 0.4) is 0 Å². The summed E-state index contributed by atoms with van der Waals surface area (Å²) in [5, 5.41) is 0.446. The number of anilines is 1. The number of fused-ring (bicyclic) bond motifs is 1. The van der Waals surface area contributed by atoms with Crippen molar-refractivity contribution in [3.8, 4) is 0 Å². The summed E-state index contributed by atoms with van der Waals surface area (Å²) in [5.74, 6) is -0.486. The Morgan fingerprint density at radius 3 is 2.28 bits per heavy atom. The molecule has 3 aromatic rings. The van der Waals surface area contributed by atoms with E-state index >= 15 is 0 Å². The molecule has 0 fully saturated rings. The fourth-order valence-electron chi connectivity index (χ4n) is 3.55. The summed E-state index contributed by atoms with van der Waals surface area (Å²) in [7, 11) is -7.65. The van der Waals surface area contributed by atoms with E-state index in [1.807, 2.05) is 0 Å². The molecular formula is C22H20ClFN2O4S2. The summed E-state index contributed by atoms with van der Waals surface area (Å²) in [6, 6.07) is 14.6. The summed E-state index contributed by atoms with van der Waals surface area (Å²) in [5.41, 5.74) is 2.19. The maximum Gasteiger partial charge on any atom is 0.261 e. The van der Waals surface area contributed by atoms with Crippen molar-refractivity contribution >= 4 is 37.3 Å². The third-order valence-corrected chi connectivity index (χ3v) is 8.82. The second-order valence-electron chi connectivity index (χ2n) is 7.54. The minimum atomic E-state index is -3.93. The van der Waals surface area contributed by atoms with Crippen LogP contribution >= 0.6 is 11.6 Å². The number of halogens is 2. The number of hydrogen-bond donors (Lipinski definition) is 1. The molecule has 3 aromatic carbocycles. The number of nitrogens with zero attached hydrogens (tertiary/aromatic N) is 1. The van der Waals surface area contributed by atoms with E-state index in [9.17, 15) is 21.2 Å². The first-order chi connectivity index (χ1) is 15.1. The number of sulfonamides is 2. The summed E-state index contributed by atoms with van der Waals surface area (Å²) in [6.45, 7) is 1.92. The quantitative estimate of drug-likeness (QED) is 0.572. The normalized spacial score (nSPS) is 14.7. The molecule has 4 rings (SSSR count). The zero-order valence-corrected chi connectivity index (χ0v) is 19.4. The van der Waals surface area contributed by atoms with Crippen molar-refractivity contribution in [3.63, 3.8) is 0 Å². The predicted molar refractivity (Wildman–Crippen MR) is 121 cm³/mol. The van der Waals surface area contributed by atoms with Crippen LogP contribution < -0.4 is 4.72 Å². The van der Waals surface area contributed by atoms with Crippen LogP contribution in [0.25, 0.3) is 0 Å². The van der Waals surface area contributed by atoms with Crippen molar-refractivity contribution in [2.45, 2.75) is 29.7 Å². The molecule has 168 valence electrons. The number of rotatable bonds is 5. The number of aryl methyl sites for hydroxylation is 1. The van der Waals surface area contributed by atoms with Crippen LogP contribution in [0.5, 0.6) is 0 Å². The Kier molecular flexibility index (Phi) is 6.02. The van der Waals surface area contributed by atoms with Gasteiger partial charge in [0.25, 0.3) is 10.0 Å². The van der Waals surface area contributed by atoms with Crippen molar-refractivity contribution < 1.29 is 21.2 Å². The van der Waals surface area contributed by atoms with E-state index in [1.165, 1.54) is 47.6 Å². The third kappa shape index (κ3) is 4.52. The molecule has 0 unspecified atom stereocenters. The number of hydrogen-bond acceptors (Lipinski definition) is 4. The van der Waals surface area contributed by atoms with Crippen LogP contribution in [0, 0.1) is 12.7 Å². The van der Waals surface area contributed by atoms with E-state index < -0.39 is 25.9 Å².